The molecule has 2 atom stereocenters. The van der Waals surface area contributed by atoms with Crippen LogP contribution in [0.15, 0.2) is 4.99 Å². The van der Waals surface area contributed by atoms with E-state index in [0.717, 1.165) is 16.8 Å². The molecule has 0 radical (unpaired) electrons. The number of hydrogen-bond acceptors (Lipinski definition) is 3. The minimum absolute atomic E-state index is 0.00838. The normalized spacial score (nSPS) is 29.8. The van der Waals surface area contributed by atoms with Crippen molar-refractivity contribution in [1.82, 2.24) is 10.6 Å². The molecular weight excluding hydrogens is 246 g/mol. The fraction of sp³-hybridized carbons (Fsp3) is 0.846. The number of rotatable bonds is 2. The smallest absolute Gasteiger partial charge is 0.242 e. The second-order valence-electron chi connectivity index (χ2n) is 6.17. The first-order valence-corrected chi connectivity index (χ1v) is 7.67. The van der Waals surface area contributed by atoms with Crippen LogP contribution in [0.25, 0.3) is 0 Å². The molecule has 4 nitrogen and oxygen atoms in total. The SMILES string of the molecule is CC(C)(C)NC(=O)CN=C1NC2CCCC2CS1. The summed E-state index contributed by atoms with van der Waals surface area (Å²) in [6.07, 6.45) is 3.90. The highest BCUT2D eigenvalue weighted by Crippen LogP contribution is 2.32. The zero-order valence-electron chi connectivity index (χ0n) is 11.5. The lowest BCUT2D eigenvalue weighted by Crippen LogP contribution is -2.43. The third kappa shape index (κ3) is 3.90. The Morgan fingerprint density at radius 1 is 1.50 bits per heavy atom. The summed E-state index contributed by atoms with van der Waals surface area (Å²) in [6.45, 7) is 6.17. The maximum Gasteiger partial charge on any atom is 0.242 e. The van der Waals surface area contributed by atoms with E-state index in [1.807, 2.05) is 20.8 Å². The van der Waals surface area contributed by atoms with Crippen LogP contribution in [0.4, 0.5) is 0 Å². The van der Waals surface area contributed by atoms with E-state index in [-0.39, 0.29) is 18.0 Å². The van der Waals surface area contributed by atoms with Gasteiger partial charge in [0.2, 0.25) is 5.91 Å². The second kappa shape index (κ2) is 5.51. The highest BCUT2D eigenvalue weighted by molar-refractivity contribution is 8.13. The van der Waals surface area contributed by atoms with E-state index in [1.165, 1.54) is 19.3 Å². The molecule has 1 aliphatic carbocycles. The highest BCUT2D eigenvalue weighted by atomic mass is 32.2. The van der Waals surface area contributed by atoms with Gasteiger partial charge in [0.1, 0.15) is 6.54 Å². The first-order valence-electron chi connectivity index (χ1n) is 6.69. The zero-order chi connectivity index (χ0) is 13.2. The van der Waals surface area contributed by atoms with Crippen molar-refractivity contribution in [1.29, 1.82) is 0 Å². The molecule has 1 saturated heterocycles. The molecule has 1 saturated carbocycles. The van der Waals surface area contributed by atoms with E-state index >= 15 is 0 Å². The number of aliphatic imine (C=N–C) groups is 1. The lowest BCUT2D eigenvalue weighted by atomic mass is 10.1. The summed E-state index contributed by atoms with van der Waals surface area (Å²) in [6, 6.07) is 0.593. The molecule has 2 rings (SSSR count). The van der Waals surface area contributed by atoms with Crippen LogP contribution in [-0.4, -0.2) is 35.0 Å². The third-order valence-corrected chi connectivity index (χ3v) is 4.40. The molecular formula is C13H23N3OS. The standard InChI is InChI=1S/C13H23N3OS/c1-13(2,3)16-11(17)7-14-12-15-10-6-4-5-9(10)8-18-12/h9-10H,4-8H2,1-3H3,(H,14,15)(H,16,17). The van der Waals surface area contributed by atoms with E-state index < -0.39 is 0 Å². The van der Waals surface area contributed by atoms with Crippen molar-refractivity contribution >= 4 is 22.8 Å². The van der Waals surface area contributed by atoms with Crippen molar-refractivity contribution in [3.8, 4) is 0 Å². The lowest BCUT2D eigenvalue weighted by molar-refractivity contribution is -0.121. The van der Waals surface area contributed by atoms with Crippen molar-refractivity contribution < 1.29 is 4.79 Å². The minimum atomic E-state index is -0.180. The van der Waals surface area contributed by atoms with Gasteiger partial charge in [0.05, 0.1) is 0 Å². The molecule has 0 aromatic carbocycles. The molecule has 1 amide bonds. The number of carbonyl (C=O) groups is 1. The van der Waals surface area contributed by atoms with Crippen LogP contribution >= 0.6 is 11.8 Å². The molecule has 18 heavy (non-hydrogen) atoms. The van der Waals surface area contributed by atoms with E-state index in [0.29, 0.717) is 6.04 Å². The molecule has 1 aliphatic heterocycles. The van der Waals surface area contributed by atoms with Crippen molar-refractivity contribution in [2.75, 3.05) is 12.3 Å². The van der Waals surface area contributed by atoms with Gasteiger partial charge in [0, 0.05) is 17.3 Å². The monoisotopic (exact) mass is 269 g/mol. The Morgan fingerprint density at radius 3 is 3.00 bits per heavy atom. The van der Waals surface area contributed by atoms with Crippen LogP contribution in [0.1, 0.15) is 40.0 Å². The summed E-state index contributed by atoms with van der Waals surface area (Å²) in [5.74, 6) is 1.94. The van der Waals surface area contributed by atoms with E-state index in [9.17, 15) is 4.79 Å². The zero-order valence-corrected chi connectivity index (χ0v) is 12.3. The number of nitrogens with one attached hydrogen (secondary N) is 2. The van der Waals surface area contributed by atoms with Crippen LogP contribution in [0.5, 0.6) is 0 Å². The Labute approximate surface area is 113 Å². The molecule has 0 bridgehead atoms. The van der Waals surface area contributed by atoms with Gasteiger partial charge in [0.15, 0.2) is 5.17 Å². The van der Waals surface area contributed by atoms with Gasteiger partial charge in [-0.1, -0.05) is 18.2 Å². The summed E-state index contributed by atoms with van der Waals surface area (Å²) in [7, 11) is 0. The van der Waals surface area contributed by atoms with Crippen LogP contribution in [0, 0.1) is 5.92 Å². The highest BCUT2D eigenvalue weighted by Gasteiger charge is 2.32. The first-order chi connectivity index (χ1) is 8.44. The van der Waals surface area contributed by atoms with Crippen LogP contribution < -0.4 is 10.6 Å². The average molecular weight is 269 g/mol. The Hall–Kier alpha value is -0.710. The number of amides is 1. The van der Waals surface area contributed by atoms with Crippen molar-refractivity contribution in [3.63, 3.8) is 0 Å². The molecule has 5 heteroatoms. The summed E-state index contributed by atoms with van der Waals surface area (Å²) < 4.78 is 0. The van der Waals surface area contributed by atoms with Crippen molar-refractivity contribution in [2.24, 2.45) is 10.9 Å². The predicted octanol–water partition coefficient (Wildman–Crippen LogP) is 1.76. The molecule has 0 spiro atoms. The van der Waals surface area contributed by atoms with Crippen molar-refractivity contribution in [2.45, 2.75) is 51.6 Å². The van der Waals surface area contributed by atoms with E-state index in [1.54, 1.807) is 11.8 Å². The molecule has 2 fully saturated rings. The predicted molar refractivity (Wildman–Crippen MR) is 76.9 cm³/mol. The number of thioether (sulfide) groups is 1. The van der Waals surface area contributed by atoms with E-state index in [2.05, 4.69) is 15.6 Å². The number of carbonyl (C=O) groups excluding carboxylic acids is 1. The summed E-state index contributed by atoms with van der Waals surface area (Å²) in [4.78, 5) is 16.1. The Bertz CT molecular complexity index is 349. The van der Waals surface area contributed by atoms with Crippen LogP contribution in [0.2, 0.25) is 0 Å². The van der Waals surface area contributed by atoms with Crippen molar-refractivity contribution in [3.05, 3.63) is 0 Å². The fourth-order valence-electron chi connectivity index (χ4n) is 2.51. The molecule has 2 unspecified atom stereocenters. The number of nitrogens with zero attached hydrogens (tertiary/aromatic N) is 1. The average Bonchev–Trinajstić information content (AvgIpc) is 2.71. The van der Waals surface area contributed by atoms with Gasteiger partial charge < -0.3 is 10.6 Å². The van der Waals surface area contributed by atoms with Gasteiger partial charge in [-0.15, -0.1) is 0 Å². The molecule has 2 aliphatic rings. The molecule has 2 N–H and O–H groups in total. The summed E-state index contributed by atoms with van der Waals surface area (Å²) in [5.41, 5.74) is -0.180. The Morgan fingerprint density at radius 2 is 2.28 bits per heavy atom. The van der Waals surface area contributed by atoms with Crippen LogP contribution in [0.3, 0.4) is 0 Å². The van der Waals surface area contributed by atoms with Gasteiger partial charge in [-0.05, 0) is 39.5 Å². The molecule has 102 valence electrons. The fourth-order valence-corrected chi connectivity index (χ4v) is 3.67. The van der Waals surface area contributed by atoms with Gasteiger partial charge in [-0.25, -0.2) is 0 Å². The first kappa shape index (κ1) is 13.7. The molecule has 1 heterocycles. The molecule has 0 aromatic rings. The quantitative estimate of drug-likeness (QED) is 0.803. The van der Waals surface area contributed by atoms with E-state index in [4.69, 9.17) is 0 Å². The second-order valence-corrected chi connectivity index (χ2v) is 7.18. The maximum atomic E-state index is 11.7. The van der Waals surface area contributed by atoms with Crippen LogP contribution in [-0.2, 0) is 4.79 Å². The van der Waals surface area contributed by atoms with Gasteiger partial charge in [-0.3, -0.25) is 9.79 Å². The summed E-state index contributed by atoms with van der Waals surface area (Å²) >= 11 is 1.76. The number of fused-ring (bicyclic) bond motifs is 1. The minimum Gasteiger partial charge on any atom is -0.362 e. The number of hydrogen-bond donors (Lipinski definition) is 2. The van der Waals surface area contributed by atoms with Gasteiger partial charge in [-0.2, -0.15) is 0 Å². The lowest BCUT2D eigenvalue weighted by Gasteiger charge is -2.28. The maximum absolute atomic E-state index is 11.7. The summed E-state index contributed by atoms with van der Waals surface area (Å²) in [5, 5.41) is 7.34. The van der Waals surface area contributed by atoms with Gasteiger partial charge in [0.25, 0.3) is 0 Å². The topological polar surface area (TPSA) is 53.5 Å². The Balaban J connectivity index is 1.81. The van der Waals surface area contributed by atoms with Gasteiger partial charge >= 0.3 is 0 Å². The Kier molecular flexibility index (Phi) is 4.20. The molecule has 0 aromatic heterocycles. The third-order valence-electron chi connectivity index (χ3n) is 3.28. The largest absolute Gasteiger partial charge is 0.362 e. The number of amidine groups is 1.